The minimum Gasteiger partial charge on any atom is -0.481 e. The van der Waals surface area contributed by atoms with Crippen molar-refractivity contribution in [3.8, 4) is 0 Å². The van der Waals surface area contributed by atoms with Crippen LogP contribution in [0.25, 0.3) is 0 Å². The second kappa shape index (κ2) is 8.58. The summed E-state index contributed by atoms with van der Waals surface area (Å²) in [5.74, 6) is -2.09. The number of carbonyl (C=O) groups is 2. The van der Waals surface area contributed by atoms with E-state index in [4.69, 9.17) is 9.84 Å². The first-order chi connectivity index (χ1) is 12.3. The lowest BCUT2D eigenvalue weighted by Crippen LogP contribution is -2.35. The molecule has 0 unspecified atom stereocenters. The number of carbonyl (C=O) groups excluding carboxylic acids is 1. The summed E-state index contributed by atoms with van der Waals surface area (Å²) in [6, 6.07) is 13.6. The molecule has 0 radical (unpaired) electrons. The molecule has 2 rings (SSSR count). The molecule has 0 aliphatic carbocycles. The van der Waals surface area contributed by atoms with Crippen LogP contribution in [0.4, 0.5) is 10.1 Å². The SMILES string of the molecule is CC(C)(COCc1ccccc1)C(=O)Nc1ccc(CC(=O)O)c(F)c1. The minimum absolute atomic E-state index is 0.0703. The lowest BCUT2D eigenvalue weighted by atomic mass is 9.93. The van der Waals surface area contributed by atoms with Crippen molar-refractivity contribution in [3.05, 3.63) is 65.5 Å². The predicted octanol–water partition coefficient (Wildman–Crippen LogP) is 3.63. The van der Waals surface area contributed by atoms with Crippen LogP contribution in [0, 0.1) is 11.2 Å². The third-order valence-corrected chi connectivity index (χ3v) is 3.84. The maximum Gasteiger partial charge on any atom is 0.307 e. The van der Waals surface area contributed by atoms with Crippen LogP contribution in [-0.2, 0) is 27.4 Å². The highest BCUT2D eigenvalue weighted by Crippen LogP contribution is 2.21. The Morgan fingerprint density at radius 3 is 2.46 bits per heavy atom. The Hall–Kier alpha value is -2.73. The van der Waals surface area contributed by atoms with E-state index in [9.17, 15) is 14.0 Å². The predicted molar refractivity (Wildman–Crippen MR) is 96.2 cm³/mol. The first kappa shape index (κ1) is 19.6. The maximum atomic E-state index is 13.9. The van der Waals surface area contributed by atoms with E-state index in [0.29, 0.717) is 6.61 Å². The van der Waals surface area contributed by atoms with Gasteiger partial charge in [0.05, 0.1) is 25.0 Å². The fourth-order valence-electron chi connectivity index (χ4n) is 2.30. The van der Waals surface area contributed by atoms with Crippen LogP contribution in [0.1, 0.15) is 25.0 Å². The highest BCUT2D eigenvalue weighted by molar-refractivity contribution is 5.95. The van der Waals surface area contributed by atoms with Gasteiger partial charge in [-0.15, -0.1) is 0 Å². The quantitative estimate of drug-likeness (QED) is 0.755. The standard InChI is InChI=1S/C20H22FNO4/c1-20(2,13-26-12-14-6-4-3-5-7-14)19(25)22-16-9-8-15(10-18(23)24)17(21)11-16/h3-9,11H,10,12-13H2,1-2H3,(H,22,25)(H,23,24). The molecule has 0 heterocycles. The van der Waals surface area contributed by atoms with Gasteiger partial charge in [-0.1, -0.05) is 36.4 Å². The Morgan fingerprint density at radius 2 is 1.85 bits per heavy atom. The molecule has 2 aromatic carbocycles. The number of carboxylic acid groups (broad SMARTS) is 1. The van der Waals surface area contributed by atoms with Crippen LogP contribution in [-0.4, -0.2) is 23.6 Å². The second-order valence-electron chi connectivity index (χ2n) is 6.69. The van der Waals surface area contributed by atoms with Crippen molar-refractivity contribution >= 4 is 17.6 Å². The number of halogens is 1. The van der Waals surface area contributed by atoms with Crippen LogP contribution in [0.3, 0.4) is 0 Å². The molecule has 0 atom stereocenters. The number of aliphatic carboxylic acids is 1. The Bertz CT molecular complexity index is 775. The number of rotatable bonds is 8. The molecule has 2 N–H and O–H groups in total. The summed E-state index contributed by atoms with van der Waals surface area (Å²) in [6.45, 7) is 4.08. The van der Waals surface area contributed by atoms with Gasteiger partial charge >= 0.3 is 5.97 Å². The number of carboxylic acids is 1. The van der Waals surface area contributed by atoms with E-state index in [1.165, 1.54) is 12.1 Å². The molecule has 0 fully saturated rings. The van der Waals surface area contributed by atoms with E-state index < -0.39 is 23.6 Å². The molecule has 0 saturated carbocycles. The summed E-state index contributed by atoms with van der Waals surface area (Å²) < 4.78 is 19.5. The average Bonchev–Trinajstić information content (AvgIpc) is 2.58. The molecule has 0 aromatic heterocycles. The second-order valence-corrected chi connectivity index (χ2v) is 6.69. The molecule has 6 heteroatoms. The van der Waals surface area contributed by atoms with E-state index in [2.05, 4.69) is 5.32 Å². The molecule has 0 aliphatic rings. The highest BCUT2D eigenvalue weighted by atomic mass is 19.1. The molecule has 2 aromatic rings. The van der Waals surface area contributed by atoms with Crippen molar-refractivity contribution in [2.75, 3.05) is 11.9 Å². The fourth-order valence-corrected chi connectivity index (χ4v) is 2.30. The normalized spacial score (nSPS) is 11.2. The van der Waals surface area contributed by atoms with Crippen molar-refractivity contribution in [2.45, 2.75) is 26.9 Å². The zero-order valence-electron chi connectivity index (χ0n) is 14.8. The van der Waals surface area contributed by atoms with Crippen molar-refractivity contribution in [3.63, 3.8) is 0 Å². The molecule has 0 spiro atoms. The van der Waals surface area contributed by atoms with Gasteiger partial charge in [0.2, 0.25) is 5.91 Å². The zero-order valence-corrected chi connectivity index (χ0v) is 14.8. The van der Waals surface area contributed by atoms with E-state index >= 15 is 0 Å². The lowest BCUT2D eigenvalue weighted by molar-refractivity contribution is -0.136. The first-order valence-electron chi connectivity index (χ1n) is 8.21. The summed E-state index contributed by atoms with van der Waals surface area (Å²) in [4.78, 5) is 23.1. The average molecular weight is 359 g/mol. The zero-order chi connectivity index (χ0) is 19.2. The third-order valence-electron chi connectivity index (χ3n) is 3.84. The van der Waals surface area contributed by atoms with Gasteiger partial charge in [0.25, 0.3) is 0 Å². The smallest absolute Gasteiger partial charge is 0.307 e. The van der Waals surface area contributed by atoms with E-state index in [1.54, 1.807) is 13.8 Å². The molecule has 26 heavy (non-hydrogen) atoms. The number of anilines is 1. The van der Waals surface area contributed by atoms with Crippen molar-refractivity contribution in [2.24, 2.45) is 5.41 Å². The number of ether oxygens (including phenoxy) is 1. The first-order valence-corrected chi connectivity index (χ1v) is 8.21. The molecular weight excluding hydrogens is 337 g/mol. The lowest BCUT2D eigenvalue weighted by Gasteiger charge is -2.23. The summed E-state index contributed by atoms with van der Waals surface area (Å²) in [5.41, 5.74) is 0.545. The van der Waals surface area contributed by atoms with Gasteiger partial charge in [-0.3, -0.25) is 9.59 Å². The number of nitrogens with one attached hydrogen (secondary N) is 1. The highest BCUT2D eigenvalue weighted by Gasteiger charge is 2.28. The molecule has 0 saturated heterocycles. The summed E-state index contributed by atoms with van der Waals surface area (Å²) in [6.07, 6.45) is -0.404. The molecular formula is C20H22FNO4. The van der Waals surface area contributed by atoms with Gasteiger partial charge < -0.3 is 15.2 Å². The number of hydrogen-bond acceptors (Lipinski definition) is 3. The third kappa shape index (κ3) is 5.67. The number of amides is 1. The van der Waals surface area contributed by atoms with Crippen LogP contribution in [0.15, 0.2) is 48.5 Å². The topological polar surface area (TPSA) is 75.6 Å². The van der Waals surface area contributed by atoms with Crippen LogP contribution >= 0.6 is 0 Å². The van der Waals surface area contributed by atoms with Crippen molar-refractivity contribution < 1.29 is 23.8 Å². The Kier molecular flexibility index (Phi) is 6.46. The van der Waals surface area contributed by atoms with Gasteiger partial charge in [-0.2, -0.15) is 0 Å². The maximum absolute atomic E-state index is 13.9. The van der Waals surface area contributed by atoms with Gasteiger partial charge in [0, 0.05) is 5.69 Å². The monoisotopic (exact) mass is 359 g/mol. The van der Waals surface area contributed by atoms with Crippen molar-refractivity contribution in [1.29, 1.82) is 0 Å². The number of benzene rings is 2. The van der Waals surface area contributed by atoms with Crippen molar-refractivity contribution in [1.82, 2.24) is 0 Å². The molecule has 0 aliphatic heterocycles. The minimum atomic E-state index is -1.11. The van der Waals surface area contributed by atoms with E-state index in [-0.39, 0.29) is 23.8 Å². The van der Waals surface area contributed by atoms with Crippen LogP contribution in [0.5, 0.6) is 0 Å². The van der Waals surface area contributed by atoms with Gasteiger partial charge in [0.15, 0.2) is 0 Å². The summed E-state index contributed by atoms with van der Waals surface area (Å²) >= 11 is 0. The Morgan fingerprint density at radius 1 is 1.15 bits per heavy atom. The number of hydrogen-bond donors (Lipinski definition) is 2. The van der Waals surface area contributed by atoms with Crippen LogP contribution in [0.2, 0.25) is 0 Å². The fraction of sp³-hybridized carbons (Fsp3) is 0.300. The molecule has 5 nitrogen and oxygen atoms in total. The summed E-state index contributed by atoms with van der Waals surface area (Å²) in [5, 5.41) is 11.4. The summed E-state index contributed by atoms with van der Waals surface area (Å²) in [7, 11) is 0. The van der Waals surface area contributed by atoms with Gasteiger partial charge in [-0.25, -0.2) is 4.39 Å². The van der Waals surface area contributed by atoms with E-state index in [0.717, 1.165) is 11.6 Å². The molecule has 1 amide bonds. The largest absolute Gasteiger partial charge is 0.481 e. The molecule has 0 bridgehead atoms. The van der Waals surface area contributed by atoms with Gasteiger partial charge in [-0.05, 0) is 37.1 Å². The molecule has 138 valence electrons. The Balaban J connectivity index is 1.92. The van der Waals surface area contributed by atoms with Gasteiger partial charge in [0.1, 0.15) is 5.82 Å². The van der Waals surface area contributed by atoms with Crippen LogP contribution < -0.4 is 5.32 Å². The van der Waals surface area contributed by atoms with E-state index in [1.807, 2.05) is 30.3 Å². The Labute approximate surface area is 151 Å².